The minimum atomic E-state index is 0.548. The summed E-state index contributed by atoms with van der Waals surface area (Å²) in [4.78, 5) is 9.66. The van der Waals surface area contributed by atoms with E-state index in [0.29, 0.717) is 13.1 Å². The van der Waals surface area contributed by atoms with Gasteiger partial charge in [0.25, 0.3) is 0 Å². The Bertz CT molecular complexity index is 789. The molecule has 0 spiro atoms. The average molecular weight is 315 g/mol. The SMILES string of the molecule is CN=C(NCc1scnc1C)NCc1nnc2ccccn12. The standard InChI is InChI=1S/C14H17N7S/c1-10-11(22-9-18-10)7-16-14(15-2)17-8-13-20-19-12-5-3-4-6-21(12)13/h3-6,9H,7-8H2,1-2H3,(H2,15,16,17). The third-order valence-corrected chi connectivity index (χ3v) is 4.22. The van der Waals surface area contributed by atoms with Crippen molar-refractivity contribution in [3.05, 3.63) is 46.3 Å². The van der Waals surface area contributed by atoms with Crippen LogP contribution in [0, 0.1) is 6.92 Å². The van der Waals surface area contributed by atoms with Crippen LogP contribution in [0.5, 0.6) is 0 Å². The fraction of sp³-hybridized carbons (Fsp3) is 0.286. The highest BCUT2D eigenvalue weighted by Crippen LogP contribution is 2.11. The smallest absolute Gasteiger partial charge is 0.191 e. The molecule has 0 aliphatic heterocycles. The van der Waals surface area contributed by atoms with Crippen molar-refractivity contribution in [2.75, 3.05) is 7.05 Å². The minimum Gasteiger partial charge on any atom is -0.351 e. The summed E-state index contributed by atoms with van der Waals surface area (Å²) in [5.41, 5.74) is 3.74. The van der Waals surface area contributed by atoms with Gasteiger partial charge in [-0.2, -0.15) is 0 Å². The summed E-state index contributed by atoms with van der Waals surface area (Å²) in [5.74, 6) is 1.56. The monoisotopic (exact) mass is 315 g/mol. The van der Waals surface area contributed by atoms with Crippen molar-refractivity contribution < 1.29 is 0 Å². The summed E-state index contributed by atoms with van der Waals surface area (Å²) < 4.78 is 1.95. The lowest BCUT2D eigenvalue weighted by atomic mass is 10.4. The maximum Gasteiger partial charge on any atom is 0.191 e. The van der Waals surface area contributed by atoms with Crippen LogP contribution in [0.15, 0.2) is 34.9 Å². The van der Waals surface area contributed by atoms with Crippen LogP contribution in [0.4, 0.5) is 0 Å². The van der Waals surface area contributed by atoms with E-state index in [-0.39, 0.29) is 0 Å². The Balaban J connectivity index is 1.60. The summed E-state index contributed by atoms with van der Waals surface area (Å²) in [6.45, 7) is 3.26. The number of thiazole rings is 1. The predicted octanol–water partition coefficient (Wildman–Crippen LogP) is 1.36. The highest BCUT2D eigenvalue weighted by Gasteiger charge is 2.06. The molecule has 2 N–H and O–H groups in total. The molecule has 8 heteroatoms. The van der Waals surface area contributed by atoms with Crippen LogP contribution in [-0.2, 0) is 13.1 Å². The second-order valence-electron chi connectivity index (χ2n) is 4.69. The Morgan fingerprint density at radius 1 is 1.27 bits per heavy atom. The normalized spacial score (nSPS) is 11.8. The van der Waals surface area contributed by atoms with E-state index in [1.807, 2.05) is 41.2 Å². The van der Waals surface area contributed by atoms with E-state index in [0.717, 1.165) is 23.1 Å². The molecule has 114 valence electrons. The van der Waals surface area contributed by atoms with Gasteiger partial charge < -0.3 is 10.6 Å². The number of aryl methyl sites for hydroxylation is 1. The van der Waals surface area contributed by atoms with Crippen molar-refractivity contribution in [2.24, 2.45) is 4.99 Å². The molecular formula is C14H17N7S. The van der Waals surface area contributed by atoms with Gasteiger partial charge in [-0.25, -0.2) is 4.98 Å². The fourth-order valence-electron chi connectivity index (χ4n) is 2.05. The zero-order valence-electron chi connectivity index (χ0n) is 12.4. The molecular weight excluding hydrogens is 298 g/mol. The van der Waals surface area contributed by atoms with E-state index in [2.05, 4.69) is 30.8 Å². The molecule has 0 saturated carbocycles. The van der Waals surface area contributed by atoms with Gasteiger partial charge in [0.1, 0.15) is 0 Å². The Morgan fingerprint density at radius 2 is 2.14 bits per heavy atom. The first-order valence-electron chi connectivity index (χ1n) is 6.90. The number of aliphatic imine (C=N–C) groups is 1. The molecule has 7 nitrogen and oxygen atoms in total. The molecule has 0 aliphatic rings. The zero-order chi connectivity index (χ0) is 15.4. The predicted molar refractivity (Wildman–Crippen MR) is 86.9 cm³/mol. The molecule has 0 saturated heterocycles. The van der Waals surface area contributed by atoms with Crippen LogP contribution in [-0.4, -0.2) is 32.6 Å². The van der Waals surface area contributed by atoms with Crippen LogP contribution >= 0.6 is 11.3 Å². The van der Waals surface area contributed by atoms with Crippen molar-refractivity contribution in [1.82, 2.24) is 30.2 Å². The number of hydrogen-bond acceptors (Lipinski definition) is 5. The molecule has 3 aromatic heterocycles. The molecule has 0 aliphatic carbocycles. The number of guanidine groups is 1. The van der Waals surface area contributed by atoms with Gasteiger partial charge in [0.05, 0.1) is 24.3 Å². The third-order valence-electron chi connectivity index (χ3n) is 3.28. The second-order valence-corrected chi connectivity index (χ2v) is 5.62. The summed E-state index contributed by atoms with van der Waals surface area (Å²) in [7, 11) is 1.75. The highest BCUT2D eigenvalue weighted by molar-refractivity contribution is 7.09. The zero-order valence-corrected chi connectivity index (χ0v) is 13.3. The first kappa shape index (κ1) is 14.5. The lowest BCUT2D eigenvalue weighted by Gasteiger charge is -2.10. The largest absolute Gasteiger partial charge is 0.351 e. The van der Waals surface area contributed by atoms with Gasteiger partial charge in [0.2, 0.25) is 0 Å². The molecule has 0 atom stereocenters. The van der Waals surface area contributed by atoms with Gasteiger partial charge in [-0.1, -0.05) is 6.07 Å². The molecule has 0 bridgehead atoms. The molecule has 0 unspecified atom stereocenters. The highest BCUT2D eigenvalue weighted by atomic mass is 32.1. The van der Waals surface area contributed by atoms with E-state index >= 15 is 0 Å². The van der Waals surface area contributed by atoms with E-state index in [1.54, 1.807) is 18.4 Å². The van der Waals surface area contributed by atoms with Gasteiger partial charge in [0, 0.05) is 18.1 Å². The van der Waals surface area contributed by atoms with E-state index in [9.17, 15) is 0 Å². The van der Waals surface area contributed by atoms with Crippen LogP contribution in [0.2, 0.25) is 0 Å². The van der Waals surface area contributed by atoms with Crippen LogP contribution < -0.4 is 10.6 Å². The van der Waals surface area contributed by atoms with Crippen LogP contribution in [0.3, 0.4) is 0 Å². The third kappa shape index (κ3) is 3.06. The first-order valence-corrected chi connectivity index (χ1v) is 7.78. The Labute approximate surface area is 132 Å². The van der Waals surface area contributed by atoms with Gasteiger partial charge in [0.15, 0.2) is 17.4 Å². The molecule has 3 heterocycles. The lowest BCUT2D eigenvalue weighted by molar-refractivity contribution is 0.764. The maximum absolute atomic E-state index is 4.24. The van der Waals surface area contributed by atoms with Crippen molar-refractivity contribution in [2.45, 2.75) is 20.0 Å². The second kappa shape index (κ2) is 6.52. The Hall–Kier alpha value is -2.48. The van der Waals surface area contributed by atoms with Crippen LogP contribution in [0.25, 0.3) is 5.65 Å². The number of nitrogens with one attached hydrogen (secondary N) is 2. The number of fused-ring (bicyclic) bond motifs is 1. The molecule has 0 aromatic carbocycles. The molecule has 0 amide bonds. The number of pyridine rings is 1. The average Bonchev–Trinajstić information content (AvgIpc) is 3.14. The first-order chi connectivity index (χ1) is 10.8. The summed E-state index contributed by atoms with van der Waals surface area (Å²) >= 11 is 1.64. The van der Waals surface area contributed by atoms with Gasteiger partial charge >= 0.3 is 0 Å². The topological polar surface area (TPSA) is 79.5 Å². The van der Waals surface area contributed by atoms with E-state index < -0.39 is 0 Å². The minimum absolute atomic E-state index is 0.548. The summed E-state index contributed by atoms with van der Waals surface area (Å²) in [5, 5.41) is 14.8. The molecule has 0 fully saturated rings. The molecule has 3 aromatic rings. The fourth-order valence-corrected chi connectivity index (χ4v) is 2.77. The Kier molecular flexibility index (Phi) is 4.29. The molecule has 22 heavy (non-hydrogen) atoms. The van der Waals surface area contributed by atoms with Crippen molar-refractivity contribution in [1.29, 1.82) is 0 Å². The van der Waals surface area contributed by atoms with E-state index in [4.69, 9.17) is 0 Å². The summed E-state index contributed by atoms with van der Waals surface area (Å²) in [6, 6.07) is 5.83. The molecule has 0 radical (unpaired) electrons. The number of hydrogen-bond donors (Lipinski definition) is 2. The van der Waals surface area contributed by atoms with Crippen molar-refractivity contribution in [3.63, 3.8) is 0 Å². The number of nitrogens with zero attached hydrogens (tertiary/aromatic N) is 5. The lowest BCUT2D eigenvalue weighted by Crippen LogP contribution is -2.36. The Morgan fingerprint density at radius 3 is 2.91 bits per heavy atom. The molecule has 3 rings (SSSR count). The number of rotatable bonds is 4. The van der Waals surface area contributed by atoms with Gasteiger partial charge in [-0.15, -0.1) is 21.5 Å². The van der Waals surface area contributed by atoms with Crippen LogP contribution in [0.1, 0.15) is 16.4 Å². The van der Waals surface area contributed by atoms with Crippen molar-refractivity contribution >= 4 is 22.9 Å². The van der Waals surface area contributed by atoms with E-state index in [1.165, 1.54) is 4.88 Å². The van der Waals surface area contributed by atoms with Gasteiger partial charge in [-0.05, 0) is 19.1 Å². The summed E-state index contributed by atoms with van der Waals surface area (Å²) in [6.07, 6.45) is 1.95. The van der Waals surface area contributed by atoms with Gasteiger partial charge in [-0.3, -0.25) is 9.39 Å². The number of aromatic nitrogens is 4. The quantitative estimate of drug-likeness (QED) is 0.561. The van der Waals surface area contributed by atoms with Crippen molar-refractivity contribution in [3.8, 4) is 0 Å². The maximum atomic E-state index is 4.24.